The van der Waals surface area contributed by atoms with Crippen LogP contribution in [0.5, 0.6) is 5.75 Å². The molecule has 2 aromatic carbocycles. The molecule has 2 amide bonds. The number of hydrogen-bond acceptors (Lipinski definition) is 5. The molecule has 0 aromatic heterocycles. The van der Waals surface area contributed by atoms with Crippen molar-refractivity contribution in [2.75, 3.05) is 11.9 Å². The van der Waals surface area contributed by atoms with E-state index in [1.807, 2.05) is 25.1 Å². The SMILES string of the molecule is CCCCC(=O)NCc1ccccc1NC(=O)c1ccc(OC(=O)OCC)cc1. The first kappa shape index (κ1) is 21.9. The number of amides is 2. The predicted molar refractivity (Wildman–Crippen MR) is 110 cm³/mol. The van der Waals surface area contributed by atoms with Gasteiger partial charge in [0.2, 0.25) is 5.91 Å². The van der Waals surface area contributed by atoms with Crippen LogP contribution >= 0.6 is 0 Å². The van der Waals surface area contributed by atoms with Crippen LogP contribution < -0.4 is 15.4 Å². The third-order valence-corrected chi connectivity index (χ3v) is 4.08. The minimum atomic E-state index is -0.792. The van der Waals surface area contributed by atoms with Gasteiger partial charge in [0.05, 0.1) is 6.61 Å². The highest BCUT2D eigenvalue weighted by Gasteiger charge is 2.11. The number of carbonyl (C=O) groups excluding carboxylic acids is 3. The van der Waals surface area contributed by atoms with Gasteiger partial charge in [0.25, 0.3) is 5.91 Å². The molecule has 0 saturated heterocycles. The molecule has 0 aliphatic rings. The van der Waals surface area contributed by atoms with Gasteiger partial charge in [0.15, 0.2) is 0 Å². The third kappa shape index (κ3) is 7.29. The molecular formula is C22H26N2O5. The summed E-state index contributed by atoms with van der Waals surface area (Å²) in [5.74, 6) is -0.0298. The van der Waals surface area contributed by atoms with Crippen molar-refractivity contribution in [2.24, 2.45) is 0 Å². The van der Waals surface area contributed by atoms with Gasteiger partial charge in [-0.2, -0.15) is 0 Å². The summed E-state index contributed by atoms with van der Waals surface area (Å²) in [7, 11) is 0. The number of para-hydroxylation sites is 1. The molecule has 2 N–H and O–H groups in total. The van der Waals surface area contributed by atoms with Crippen molar-refractivity contribution in [2.45, 2.75) is 39.7 Å². The highest BCUT2D eigenvalue weighted by molar-refractivity contribution is 6.04. The smallest absolute Gasteiger partial charge is 0.434 e. The molecule has 0 atom stereocenters. The predicted octanol–water partition coefficient (Wildman–Crippen LogP) is 4.28. The van der Waals surface area contributed by atoms with Crippen LogP contribution in [-0.2, 0) is 16.1 Å². The van der Waals surface area contributed by atoms with Crippen molar-refractivity contribution in [1.82, 2.24) is 5.32 Å². The summed E-state index contributed by atoms with van der Waals surface area (Å²) in [5.41, 5.74) is 1.84. The second kappa shape index (κ2) is 11.5. The Morgan fingerprint density at radius 2 is 1.69 bits per heavy atom. The maximum atomic E-state index is 12.6. The van der Waals surface area contributed by atoms with Crippen LogP contribution in [0.1, 0.15) is 49.0 Å². The largest absolute Gasteiger partial charge is 0.513 e. The summed E-state index contributed by atoms with van der Waals surface area (Å²) in [6.45, 7) is 4.28. The molecule has 7 heteroatoms. The maximum Gasteiger partial charge on any atom is 0.513 e. The molecule has 2 rings (SSSR count). The van der Waals surface area contributed by atoms with E-state index in [-0.39, 0.29) is 24.2 Å². The van der Waals surface area contributed by atoms with Gasteiger partial charge in [-0.05, 0) is 49.2 Å². The first-order valence-electron chi connectivity index (χ1n) is 9.64. The van der Waals surface area contributed by atoms with Gasteiger partial charge in [0, 0.05) is 24.2 Å². The lowest BCUT2D eigenvalue weighted by Gasteiger charge is -2.12. The minimum absolute atomic E-state index is 0.00910. The first-order chi connectivity index (χ1) is 14.0. The summed E-state index contributed by atoms with van der Waals surface area (Å²) >= 11 is 0. The van der Waals surface area contributed by atoms with Crippen molar-refractivity contribution in [3.63, 3.8) is 0 Å². The van der Waals surface area contributed by atoms with E-state index >= 15 is 0 Å². The average molecular weight is 398 g/mol. The van der Waals surface area contributed by atoms with Crippen LogP contribution in [0.2, 0.25) is 0 Å². The van der Waals surface area contributed by atoms with Crippen LogP contribution in [0, 0.1) is 0 Å². The Morgan fingerprint density at radius 1 is 0.966 bits per heavy atom. The lowest BCUT2D eigenvalue weighted by Crippen LogP contribution is -2.23. The summed E-state index contributed by atoms with van der Waals surface area (Å²) < 4.78 is 9.68. The standard InChI is InChI=1S/C22H26N2O5/c1-3-5-10-20(25)23-15-17-8-6-7-9-19(17)24-21(26)16-11-13-18(14-12-16)29-22(27)28-4-2/h6-9,11-14H,3-5,10,15H2,1-2H3,(H,23,25)(H,24,26). The molecule has 0 aliphatic heterocycles. The number of hydrogen-bond donors (Lipinski definition) is 2. The summed E-state index contributed by atoms with van der Waals surface area (Å²) in [4.78, 5) is 35.7. The number of ether oxygens (including phenoxy) is 2. The van der Waals surface area contributed by atoms with Crippen molar-refractivity contribution < 1.29 is 23.9 Å². The van der Waals surface area contributed by atoms with Crippen LogP contribution in [0.3, 0.4) is 0 Å². The van der Waals surface area contributed by atoms with Crippen LogP contribution in [0.4, 0.5) is 10.5 Å². The Morgan fingerprint density at radius 3 is 2.38 bits per heavy atom. The Hall–Kier alpha value is -3.35. The topological polar surface area (TPSA) is 93.7 Å². The van der Waals surface area contributed by atoms with Gasteiger partial charge in [-0.15, -0.1) is 0 Å². The number of anilines is 1. The minimum Gasteiger partial charge on any atom is -0.434 e. The zero-order valence-corrected chi connectivity index (χ0v) is 16.7. The van der Waals surface area contributed by atoms with Gasteiger partial charge in [-0.3, -0.25) is 9.59 Å². The van der Waals surface area contributed by atoms with Crippen LogP contribution in [0.25, 0.3) is 0 Å². The molecule has 0 spiro atoms. The van der Waals surface area contributed by atoms with E-state index in [4.69, 9.17) is 9.47 Å². The second-order valence-electron chi connectivity index (χ2n) is 6.30. The van der Waals surface area contributed by atoms with Crippen LogP contribution in [-0.4, -0.2) is 24.6 Å². The molecule has 2 aromatic rings. The molecule has 0 bridgehead atoms. The fourth-order valence-electron chi connectivity index (χ4n) is 2.53. The van der Waals surface area contributed by atoms with Gasteiger partial charge in [-0.25, -0.2) is 4.79 Å². The summed E-state index contributed by atoms with van der Waals surface area (Å²) in [6.07, 6.45) is 1.51. The summed E-state index contributed by atoms with van der Waals surface area (Å²) in [5, 5.41) is 5.72. The van der Waals surface area contributed by atoms with E-state index in [9.17, 15) is 14.4 Å². The average Bonchev–Trinajstić information content (AvgIpc) is 2.72. The molecule has 29 heavy (non-hydrogen) atoms. The maximum absolute atomic E-state index is 12.6. The fourth-order valence-corrected chi connectivity index (χ4v) is 2.53. The second-order valence-corrected chi connectivity index (χ2v) is 6.30. The Balaban J connectivity index is 1.98. The lowest BCUT2D eigenvalue weighted by molar-refractivity contribution is -0.121. The van der Waals surface area contributed by atoms with Gasteiger partial charge in [0.1, 0.15) is 5.75 Å². The number of benzene rings is 2. The molecule has 7 nitrogen and oxygen atoms in total. The van der Waals surface area contributed by atoms with E-state index in [1.165, 1.54) is 12.1 Å². The Bertz CT molecular complexity index is 833. The van der Waals surface area contributed by atoms with Crippen molar-refractivity contribution in [3.05, 3.63) is 59.7 Å². The normalized spacial score (nSPS) is 10.1. The molecule has 0 saturated carbocycles. The molecule has 0 aliphatic carbocycles. The van der Waals surface area contributed by atoms with Crippen molar-refractivity contribution in [3.8, 4) is 5.75 Å². The highest BCUT2D eigenvalue weighted by Crippen LogP contribution is 2.18. The van der Waals surface area contributed by atoms with E-state index in [0.29, 0.717) is 24.2 Å². The molecule has 0 unspecified atom stereocenters. The summed E-state index contributed by atoms with van der Waals surface area (Å²) in [6, 6.07) is 13.4. The fraction of sp³-hybridized carbons (Fsp3) is 0.318. The number of rotatable bonds is 9. The number of unbranched alkanes of at least 4 members (excludes halogenated alkanes) is 1. The Labute approximate surface area is 170 Å². The zero-order valence-electron chi connectivity index (χ0n) is 16.7. The highest BCUT2D eigenvalue weighted by atomic mass is 16.7. The van der Waals surface area contributed by atoms with E-state index in [2.05, 4.69) is 10.6 Å². The number of nitrogens with one attached hydrogen (secondary N) is 2. The molecule has 0 radical (unpaired) electrons. The van der Waals surface area contributed by atoms with E-state index < -0.39 is 6.16 Å². The van der Waals surface area contributed by atoms with Crippen LogP contribution in [0.15, 0.2) is 48.5 Å². The molecule has 154 valence electrons. The van der Waals surface area contributed by atoms with Crippen molar-refractivity contribution >= 4 is 23.7 Å². The van der Waals surface area contributed by atoms with Crippen molar-refractivity contribution in [1.29, 1.82) is 0 Å². The molecule has 0 fully saturated rings. The lowest BCUT2D eigenvalue weighted by atomic mass is 10.1. The quantitative estimate of drug-likeness (QED) is 0.486. The molecular weight excluding hydrogens is 372 g/mol. The monoisotopic (exact) mass is 398 g/mol. The van der Waals surface area contributed by atoms with E-state index in [1.54, 1.807) is 25.1 Å². The number of carbonyl (C=O) groups is 3. The first-order valence-corrected chi connectivity index (χ1v) is 9.64. The van der Waals surface area contributed by atoms with Gasteiger partial charge in [-0.1, -0.05) is 31.5 Å². The Kier molecular flexibility index (Phi) is 8.69. The van der Waals surface area contributed by atoms with Gasteiger partial charge < -0.3 is 20.1 Å². The van der Waals surface area contributed by atoms with E-state index in [0.717, 1.165) is 18.4 Å². The molecule has 0 heterocycles. The van der Waals surface area contributed by atoms with Gasteiger partial charge >= 0.3 is 6.16 Å². The third-order valence-electron chi connectivity index (χ3n) is 4.08. The zero-order chi connectivity index (χ0) is 21.1.